The standard InChI is InChI=1S/C25H29N3O2S/c1-18-10-11-22(30-2)21(15-18)17-28-13-6-9-20(16-28)23(25-26-12-14-31-25)27-24(29)19-7-4-3-5-8-19/h3-5,7-8,10-12,14-15,20,23H,6,9,13,16-17H2,1-2H3,(H,27,29)/t20-,23-/m0/s1. The average molecular weight is 436 g/mol. The Labute approximate surface area is 188 Å². The monoisotopic (exact) mass is 435 g/mol. The van der Waals surface area contributed by atoms with Crippen molar-refractivity contribution in [1.29, 1.82) is 0 Å². The minimum absolute atomic E-state index is 0.0433. The quantitative estimate of drug-likeness (QED) is 0.577. The fraction of sp³-hybridized carbons (Fsp3) is 0.360. The van der Waals surface area contributed by atoms with Gasteiger partial charge in [-0.1, -0.05) is 35.9 Å². The summed E-state index contributed by atoms with van der Waals surface area (Å²) in [6, 6.07) is 15.7. The fourth-order valence-electron chi connectivity index (χ4n) is 4.36. The number of thiazole rings is 1. The first-order valence-electron chi connectivity index (χ1n) is 10.7. The molecule has 162 valence electrons. The first kappa shape index (κ1) is 21.5. The van der Waals surface area contributed by atoms with Crippen molar-refractivity contribution in [3.63, 3.8) is 0 Å². The van der Waals surface area contributed by atoms with E-state index in [9.17, 15) is 4.79 Å². The van der Waals surface area contributed by atoms with E-state index in [1.54, 1.807) is 18.4 Å². The predicted molar refractivity (Wildman–Crippen MR) is 124 cm³/mol. The normalized spacial score (nSPS) is 17.8. The molecule has 5 nitrogen and oxygen atoms in total. The second-order valence-electron chi connectivity index (χ2n) is 8.14. The number of likely N-dealkylation sites (tertiary alicyclic amines) is 1. The summed E-state index contributed by atoms with van der Waals surface area (Å²) in [4.78, 5) is 19.9. The number of carbonyl (C=O) groups excluding carboxylic acids is 1. The van der Waals surface area contributed by atoms with Crippen LogP contribution in [0.4, 0.5) is 0 Å². The van der Waals surface area contributed by atoms with Crippen molar-refractivity contribution >= 4 is 17.2 Å². The highest BCUT2D eigenvalue weighted by molar-refractivity contribution is 7.09. The lowest BCUT2D eigenvalue weighted by atomic mass is 9.90. The van der Waals surface area contributed by atoms with Gasteiger partial charge in [0, 0.05) is 35.8 Å². The predicted octanol–water partition coefficient (Wildman–Crippen LogP) is 4.84. The molecule has 4 rings (SSSR count). The lowest BCUT2D eigenvalue weighted by molar-refractivity contribution is 0.0877. The number of methoxy groups -OCH3 is 1. The Hall–Kier alpha value is -2.70. The molecule has 0 unspecified atom stereocenters. The minimum Gasteiger partial charge on any atom is -0.496 e. The Balaban J connectivity index is 1.51. The van der Waals surface area contributed by atoms with Crippen molar-refractivity contribution in [3.8, 4) is 5.75 Å². The number of carbonyl (C=O) groups is 1. The van der Waals surface area contributed by atoms with Crippen LogP contribution in [0.15, 0.2) is 60.1 Å². The van der Waals surface area contributed by atoms with Crippen LogP contribution in [0.2, 0.25) is 0 Å². The summed E-state index contributed by atoms with van der Waals surface area (Å²) in [5, 5.41) is 6.24. The number of rotatable bonds is 7. The number of nitrogens with zero attached hydrogens (tertiary/aromatic N) is 2. The average Bonchev–Trinajstić information content (AvgIpc) is 3.33. The summed E-state index contributed by atoms with van der Waals surface area (Å²) in [6.07, 6.45) is 3.99. The number of aromatic nitrogens is 1. The molecule has 3 aromatic rings. The first-order chi connectivity index (χ1) is 15.1. The number of piperidine rings is 1. The molecule has 1 aromatic heterocycles. The maximum absolute atomic E-state index is 12.9. The van der Waals surface area contributed by atoms with E-state index in [1.165, 1.54) is 11.1 Å². The van der Waals surface area contributed by atoms with Gasteiger partial charge >= 0.3 is 0 Å². The maximum Gasteiger partial charge on any atom is 0.251 e. The Morgan fingerprint density at radius 3 is 2.87 bits per heavy atom. The molecule has 2 atom stereocenters. The molecule has 31 heavy (non-hydrogen) atoms. The zero-order valence-corrected chi connectivity index (χ0v) is 18.9. The van der Waals surface area contributed by atoms with Gasteiger partial charge in [0.25, 0.3) is 5.91 Å². The number of aryl methyl sites for hydroxylation is 1. The molecule has 0 spiro atoms. The van der Waals surface area contributed by atoms with Crippen LogP contribution in [-0.2, 0) is 6.54 Å². The van der Waals surface area contributed by atoms with Crippen LogP contribution in [0, 0.1) is 12.8 Å². The number of amides is 1. The number of ether oxygens (including phenoxy) is 1. The molecule has 0 aliphatic carbocycles. The van der Waals surface area contributed by atoms with E-state index in [1.807, 2.05) is 48.0 Å². The number of hydrogen-bond donors (Lipinski definition) is 1. The third kappa shape index (κ3) is 5.32. The molecule has 1 aliphatic heterocycles. The molecule has 1 saturated heterocycles. The van der Waals surface area contributed by atoms with Crippen LogP contribution in [0.5, 0.6) is 5.75 Å². The second kappa shape index (κ2) is 10.1. The van der Waals surface area contributed by atoms with E-state index < -0.39 is 0 Å². The summed E-state index contributed by atoms with van der Waals surface area (Å²) in [6.45, 7) is 4.92. The van der Waals surface area contributed by atoms with Gasteiger partial charge < -0.3 is 10.1 Å². The highest BCUT2D eigenvalue weighted by Gasteiger charge is 2.31. The van der Waals surface area contributed by atoms with Gasteiger partial charge in [0.15, 0.2) is 0 Å². The van der Waals surface area contributed by atoms with Crippen molar-refractivity contribution in [3.05, 3.63) is 81.8 Å². The molecule has 2 heterocycles. The van der Waals surface area contributed by atoms with E-state index in [2.05, 4.69) is 34.3 Å². The van der Waals surface area contributed by atoms with Crippen LogP contribution in [0.25, 0.3) is 0 Å². The zero-order chi connectivity index (χ0) is 21.6. The van der Waals surface area contributed by atoms with E-state index in [0.717, 1.165) is 43.2 Å². The lowest BCUT2D eigenvalue weighted by Gasteiger charge is -2.37. The second-order valence-corrected chi connectivity index (χ2v) is 9.07. The topological polar surface area (TPSA) is 54.5 Å². The molecule has 0 saturated carbocycles. The molecule has 1 N–H and O–H groups in total. The zero-order valence-electron chi connectivity index (χ0n) is 18.1. The molecule has 1 fully saturated rings. The van der Waals surface area contributed by atoms with Gasteiger partial charge in [0.05, 0.1) is 13.2 Å². The van der Waals surface area contributed by atoms with Gasteiger partial charge in [-0.25, -0.2) is 4.98 Å². The van der Waals surface area contributed by atoms with Gasteiger partial charge in [-0.2, -0.15) is 0 Å². The van der Waals surface area contributed by atoms with Crippen LogP contribution in [0.3, 0.4) is 0 Å². The molecule has 6 heteroatoms. The lowest BCUT2D eigenvalue weighted by Crippen LogP contribution is -2.42. The molecule has 0 radical (unpaired) electrons. The van der Waals surface area contributed by atoms with Crippen molar-refractivity contribution in [2.75, 3.05) is 20.2 Å². The molecular weight excluding hydrogens is 406 g/mol. The summed E-state index contributed by atoms with van der Waals surface area (Å²) in [5.41, 5.74) is 3.13. The highest BCUT2D eigenvalue weighted by atomic mass is 32.1. The van der Waals surface area contributed by atoms with Crippen LogP contribution < -0.4 is 10.1 Å². The Kier molecular flexibility index (Phi) is 6.99. The summed E-state index contributed by atoms with van der Waals surface area (Å²) in [5.74, 6) is 1.20. The van der Waals surface area contributed by atoms with Crippen molar-refractivity contribution in [2.24, 2.45) is 5.92 Å². The Morgan fingerprint density at radius 2 is 2.13 bits per heavy atom. The highest BCUT2D eigenvalue weighted by Crippen LogP contribution is 2.33. The van der Waals surface area contributed by atoms with Crippen LogP contribution in [0.1, 0.15) is 45.4 Å². The van der Waals surface area contributed by atoms with Crippen LogP contribution in [-0.4, -0.2) is 36.0 Å². The van der Waals surface area contributed by atoms with E-state index >= 15 is 0 Å². The molecule has 1 amide bonds. The van der Waals surface area contributed by atoms with E-state index in [0.29, 0.717) is 11.5 Å². The SMILES string of the molecule is COc1ccc(C)cc1CN1CCC[C@H]([C@H](NC(=O)c2ccccc2)c2nccs2)C1. The number of nitrogens with one attached hydrogen (secondary N) is 1. The molecule has 0 bridgehead atoms. The third-order valence-corrected chi connectivity index (χ3v) is 6.74. The van der Waals surface area contributed by atoms with Crippen molar-refractivity contribution < 1.29 is 9.53 Å². The number of hydrogen-bond acceptors (Lipinski definition) is 5. The number of benzene rings is 2. The summed E-state index contributed by atoms with van der Waals surface area (Å²) < 4.78 is 5.58. The molecule has 2 aromatic carbocycles. The minimum atomic E-state index is -0.0880. The smallest absolute Gasteiger partial charge is 0.251 e. The summed E-state index contributed by atoms with van der Waals surface area (Å²) >= 11 is 1.61. The van der Waals surface area contributed by atoms with Crippen LogP contribution >= 0.6 is 11.3 Å². The fourth-order valence-corrected chi connectivity index (χ4v) is 5.14. The van der Waals surface area contributed by atoms with Crippen molar-refractivity contribution in [2.45, 2.75) is 32.4 Å². The Bertz CT molecular complexity index is 991. The van der Waals surface area contributed by atoms with Gasteiger partial charge in [-0.3, -0.25) is 9.69 Å². The van der Waals surface area contributed by atoms with E-state index in [-0.39, 0.29) is 11.9 Å². The van der Waals surface area contributed by atoms with Gasteiger partial charge in [0.1, 0.15) is 10.8 Å². The molecular formula is C25H29N3O2S. The third-order valence-electron chi connectivity index (χ3n) is 5.88. The largest absolute Gasteiger partial charge is 0.496 e. The van der Waals surface area contributed by atoms with E-state index in [4.69, 9.17) is 4.74 Å². The maximum atomic E-state index is 12.9. The van der Waals surface area contributed by atoms with Gasteiger partial charge in [-0.05, 0) is 50.4 Å². The summed E-state index contributed by atoms with van der Waals surface area (Å²) in [7, 11) is 1.73. The first-order valence-corrected chi connectivity index (χ1v) is 11.6. The Morgan fingerprint density at radius 1 is 1.29 bits per heavy atom. The van der Waals surface area contributed by atoms with Crippen molar-refractivity contribution in [1.82, 2.24) is 15.2 Å². The van der Waals surface area contributed by atoms with Gasteiger partial charge in [0.2, 0.25) is 0 Å². The van der Waals surface area contributed by atoms with Gasteiger partial charge in [-0.15, -0.1) is 11.3 Å². The molecule has 1 aliphatic rings.